The summed E-state index contributed by atoms with van der Waals surface area (Å²) in [5, 5.41) is 5.53. The van der Waals surface area contributed by atoms with Crippen LogP contribution in [0.2, 0.25) is 0 Å². The van der Waals surface area contributed by atoms with E-state index in [0.29, 0.717) is 24.5 Å². The lowest BCUT2D eigenvalue weighted by atomic mass is 10.1. The van der Waals surface area contributed by atoms with E-state index in [1.54, 1.807) is 24.3 Å². The molecule has 2 N–H and O–H groups in total. The Kier molecular flexibility index (Phi) is 5.71. The topological polar surface area (TPSA) is 81.8 Å². The molecule has 27 heavy (non-hydrogen) atoms. The SMILES string of the molecule is CCNC(=O)CN1C(=O)CN(C(=O)NCc2ccccc2)c2ccccc21. The molecule has 2 aromatic carbocycles. The minimum absolute atomic E-state index is 0.0663. The molecule has 1 heterocycles. The second-order valence-electron chi connectivity index (χ2n) is 6.15. The van der Waals surface area contributed by atoms with Gasteiger partial charge in [0.15, 0.2) is 0 Å². The third kappa shape index (κ3) is 4.25. The zero-order chi connectivity index (χ0) is 19.2. The number of nitrogens with one attached hydrogen (secondary N) is 2. The number of urea groups is 1. The van der Waals surface area contributed by atoms with E-state index in [9.17, 15) is 14.4 Å². The maximum Gasteiger partial charge on any atom is 0.322 e. The Morgan fingerprint density at radius 1 is 0.963 bits per heavy atom. The molecule has 140 valence electrons. The normalized spacial score (nSPS) is 13.1. The van der Waals surface area contributed by atoms with Gasteiger partial charge in [0.25, 0.3) is 0 Å². The molecule has 1 aliphatic heterocycles. The van der Waals surface area contributed by atoms with Crippen LogP contribution in [-0.4, -0.2) is 37.5 Å². The highest BCUT2D eigenvalue weighted by Gasteiger charge is 2.33. The average Bonchev–Trinajstić information content (AvgIpc) is 2.69. The molecule has 0 fully saturated rings. The smallest absolute Gasteiger partial charge is 0.322 e. The number of para-hydroxylation sites is 2. The molecule has 0 radical (unpaired) electrons. The molecule has 0 saturated heterocycles. The van der Waals surface area contributed by atoms with Crippen LogP contribution in [0.15, 0.2) is 54.6 Å². The van der Waals surface area contributed by atoms with E-state index >= 15 is 0 Å². The highest BCUT2D eigenvalue weighted by molar-refractivity contribution is 6.12. The Morgan fingerprint density at radius 3 is 2.33 bits per heavy atom. The molecule has 0 saturated carbocycles. The van der Waals surface area contributed by atoms with Crippen LogP contribution in [-0.2, 0) is 16.1 Å². The second-order valence-corrected chi connectivity index (χ2v) is 6.15. The molecule has 1 aliphatic rings. The fraction of sp³-hybridized carbons (Fsp3) is 0.250. The number of fused-ring (bicyclic) bond motifs is 1. The van der Waals surface area contributed by atoms with E-state index in [1.807, 2.05) is 37.3 Å². The number of benzene rings is 2. The number of nitrogens with zero attached hydrogens (tertiary/aromatic N) is 2. The molecule has 0 spiro atoms. The average molecular weight is 366 g/mol. The molecule has 4 amide bonds. The molecular weight excluding hydrogens is 344 g/mol. The van der Waals surface area contributed by atoms with Crippen LogP contribution in [0.1, 0.15) is 12.5 Å². The van der Waals surface area contributed by atoms with Crippen molar-refractivity contribution in [2.45, 2.75) is 13.5 Å². The molecule has 0 unspecified atom stereocenters. The van der Waals surface area contributed by atoms with E-state index in [0.717, 1.165) is 5.56 Å². The Morgan fingerprint density at radius 2 is 1.63 bits per heavy atom. The standard InChI is InChI=1S/C20H22N4O3/c1-2-21-18(25)13-23-16-10-6-7-11-17(16)24(14-19(23)26)20(27)22-12-15-8-4-3-5-9-15/h3-11H,2,12-14H2,1H3,(H,21,25)(H,22,27). The third-order valence-electron chi connectivity index (χ3n) is 4.27. The van der Waals surface area contributed by atoms with Crippen molar-refractivity contribution in [3.05, 3.63) is 60.2 Å². The van der Waals surface area contributed by atoms with Crippen LogP contribution in [0.4, 0.5) is 16.2 Å². The van der Waals surface area contributed by atoms with Gasteiger partial charge in [0, 0.05) is 13.1 Å². The quantitative estimate of drug-likeness (QED) is 0.848. The molecule has 0 aliphatic carbocycles. The van der Waals surface area contributed by atoms with Crippen LogP contribution in [0.25, 0.3) is 0 Å². The Balaban J connectivity index is 1.77. The maximum atomic E-state index is 12.7. The van der Waals surface area contributed by atoms with Gasteiger partial charge in [-0.15, -0.1) is 0 Å². The minimum atomic E-state index is -0.350. The van der Waals surface area contributed by atoms with Crippen molar-refractivity contribution >= 4 is 29.2 Å². The Hall–Kier alpha value is -3.35. The van der Waals surface area contributed by atoms with Gasteiger partial charge in [0.1, 0.15) is 13.1 Å². The van der Waals surface area contributed by atoms with E-state index in [2.05, 4.69) is 10.6 Å². The highest BCUT2D eigenvalue weighted by Crippen LogP contribution is 2.33. The minimum Gasteiger partial charge on any atom is -0.355 e. The van der Waals surface area contributed by atoms with Crippen molar-refractivity contribution in [1.82, 2.24) is 10.6 Å². The van der Waals surface area contributed by atoms with Crippen molar-refractivity contribution in [3.8, 4) is 0 Å². The van der Waals surface area contributed by atoms with Crippen LogP contribution in [0.3, 0.4) is 0 Å². The van der Waals surface area contributed by atoms with E-state index in [4.69, 9.17) is 0 Å². The number of carbonyl (C=O) groups excluding carboxylic acids is 3. The first kappa shape index (κ1) is 18.4. The second kappa shape index (κ2) is 8.35. The summed E-state index contributed by atoms with van der Waals surface area (Å²) in [6.45, 7) is 2.51. The van der Waals surface area contributed by atoms with Crippen molar-refractivity contribution in [1.29, 1.82) is 0 Å². The van der Waals surface area contributed by atoms with Crippen molar-refractivity contribution in [2.24, 2.45) is 0 Å². The highest BCUT2D eigenvalue weighted by atomic mass is 16.2. The molecule has 2 aromatic rings. The van der Waals surface area contributed by atoms with Gasteiger partial charge < -0.3 is 10.6 Å². The number of likely N-dealkylation sites (N-methyl/N-ethyl adjacent to an activating group) is 1. The van der Waals surface area contributed by atoms with Crippen molar-refractivity contribution < 1.29 is 14.4 Å². The van der Waals surface area contributed by atoms with Crippen LogP contribution >= 0.6 is 0 Å². The van der Waals surface area contributed by atoms with Gasteiger partial charge in [-0.25, -0.2) is 4.79 Å². The van der Waals surface area contributed by atoms with Crippen LogP contribution in [0, 0.1) is 0 Å². The predicted octanol–water partition coefficient (Wildman–Crippen LogP) is 1.89. The van der Waals surface area contributed by atoms with Gasteiger partial charge in [-0.2, -0.15) is 0 Å². The van der Waals surface area contributed by atoms with Crippen LogP contribution < -0.4 is 20.4 Å². The number of hydrogen-bond acceptors (Lipinski definition) is 3. The Labute approximate surface area is 158 Å². The van der Waals surface area contributed by atoms with Crippen LogP contribution in [0.5, 0.6) is 0 Å². The summed E-state index contributed by atoms with van der Waals surface area (Å²) in [6, 6.07) is 16.3. The maximum absolute atomic E-state index is 12.7. The van der Waals surface area contributed by atoms with Gasteiger partial charge >= 0.3 is 6.03 Å². The van der Waals surface area contributed by atoms with E-state index in [1.165, 1.54) is 9.80 Å². The summed E-state index contributed by atoms with van der Waals surface area (Å²) in [7, 11) is 0. The first-order valence-corrected chi connectivity index (χ1v) is 8.85. The van der Waals surface area contributed by atoms with E-state index < -0.39 is 0 Å². The van der Waals surface area contributed by atoms with Gasteiger partial charge in [-0.3, -0.25) is 19.4 Å². The molecule has 0 aromatic heterocycles. The molecule has 7 nitrogen and oxygen atoms in total. The number of amides is 4. The summed E-state index contributed by atoms with van der Waals surface area (Å²) in [4.78, 5) is 40.1. The van der Waals surface area contributed by atoms with Crippen molar-refractivity contribution in [2.75, 3.05) is 29.4 Å². The molecule has 7 heteroatoms. The number of rotatable bonds is 5. The lowest BCUT2D eigenvalue weighted by Crippen LogP contribution is -2.53. The number of hydrogen-bond donors (Lipinski definition) is 2. The zero-order valence-corrected chi connectivity index (χ0v) is 15.1. The van der Waals surface area contributed by atoms with Gasteiger partial charge in [0.2, 0.25) is 11.8 Å². The summed E-state index contributed by atoms with van der Waals surface area (Å²) in [5.41, 5.74) is 2.13. The summed E-state index contributed by atoms with van der Waals surface area (Å²) in [5.74, 6) is -0.530. The van der Waals surface area contributed by atoms with Gasteiger partial charge in [-0.05, 0) is 24.6 Å². The number of anilines is 2. The predicted molar refractivity (Wildman–Crippen MR) is 104 cm³/mol. The Bertz CT molecular complexity index is 838. The fourth-order valence-corrected chi connectivity index (χ4v) is 2.98. The lowest BCUT2D eigenvalue weighted by Gasteiger charge is -2.35. The monoisotopic (exact) mass is 366 g/mol. The number of carbonyl (C=O) groups is 3. The van der Waals surface area contributed by atoms with Crippen molar-refractivity contribution in [3.63, 3.8) is 0 Å². The first-order valence-electron chi connectivity index (χ1n) is 8.85. The summed E-state index contributed by atoms with van der Waals surface area (Å²) in [6.07, 6.45) is 0. The van der Waals surface area contributed by atoms with Gasteiger partial charge in [0.05, 0.1) is 11.4 Å². The largest absolute Gasteiger partial charge is 0.355 e. The fourth-order valence-electron chi connectivity index (χ4n) is 2.98. The molecule has 0 bridgehead atoms. The molecular formula is C20H22N4O3. The summed E-state index contributed by atoms with van der Waals surface area (Å²) >= 11 is 0. The lowest BCUT2D eigenvalue weighted by molar-refractivity contribution is -0.123. The molecule has 3 rings (SSSR count). The zero-order valence-electron chi connectivity index (χ0n) is 15.1. The van der Waals surface area contributed by atoms with Gasteiger partial charge in [-0.1, -0.05) is 42.5 Å². The molecule has 0 atom stereocenters. The summed E-state index contributed by atoms with van der Waals surface area (Å²) < 4.78 is 0. The first-order chi connectivity index (χ1) is 13.1. The van der Waals surface area contributed by atoms with E-state index in [-0.39, 0.29) is 30.9 Å². The third-order valence-corrected chi connectivity index (χ3v) is 4.27.